The van der Waals surface area contributed by atoms with E-state index in [-0.39, 0.29) is 35.9 Å². The van der Waals surface area contributed by atoms with Crippen LogP contribution in [0, 0.1) is 5.41 Å². The summed E-state index contributed by atoms with van der Waals surface area (Å²) in [4.78, 5) is 31.8. The second-order valence-corrected chi connectivity index (χ2v) is 12.2. The third-order valence-electron chi connectivity index (χ3n) is 6.35. The van der Waals surface area contributed by atoms with Crippen LogP contribution in [0.4, 0.5) is 0 Å². The van der Waals surface area contributed by atoms with Crippen molar-refractivity contribution >= 4 is 46.4 Å². The van der Waals surface area contributed by atoms with Gasteiger partial charge in [0.2, 0.25) is 11.8 Å². The molecule has 5 nitrogen and oxygen atoms in total. The highest BCUT2D eigenvalue weighted by molar-refractivity contribution is 7.10. The second-order valence-electron chi connectivity index (χ2n) is 10.4. The first-order valence-electron chi connectivity index (χ1n) is 11.8. The van der Waals surface area contributed by atoms with Gasteiger partial charge in [-0.05, 0) is 59.4 Å². The van der Waals surface area contributed by atoms with Crippen LogP contribution in [0.1, 0.15) is 62.1 Å². The van der Waals surface area contributed by atoms with E-state index in [0.717, 1.165) is 30.4 Å². The van der Waals surface area contributed by atoms with Crippen molar-refractivity contribution in [3.63, 3.8) is 0 Å². The van der Waals surface area contributed by atoms with Crippen molar-refractivity contribution in [2.45, 2.75) is 58.6 Å². The predicted octanol–water partition coefficient (Wildman–Crippen LogP) is 5.97. The fourth-order valence-corrected chi connectivity index (χ4v) is 6.17. The van der Waals surface area contributed by atoms with Crippen LogP contribution < -0.4 is 0 Å². The molecule has 34 heavy (non-hydrogen) atoms. The number of hydrogen-bond acceptors (Lipinski definition) is 4. The van der Waals surface area contributed by atoms with Crippen LogP contribution in [0.3, 0.4) is 0 Å². The number of carbonyl (C=O) groups is 2. The van der Waals surface area contributed by atoms with E-state index in [2.05, 4.69) is 11.4 Å². The minimum absolute atomic E-state index is 0.00865. The molecule has 4 rings (SSSR count). The molecular weight excluding hydrogens is 491 g/mol. The summed E-state index contributed by atoms with van der Waals surface area (Å²) in [5.41, 5.74) is 1.79. The maximum atomic E-state index is 13.8. The fraction of sp³-hybridized carbons (Fsp3) is 0.538. The topological polar surface area (TPSA) is 49.9 Å². The molecule has 0 saturated carbocycles. The van der Waals surface area contributed by atoms with E-state index in [4.69, 9.17) is 27.9 Å². The molecule has 0 radical (unpaired) electrons. The molecule has 2 aliphatic rings. The van der Waals surface area contributed by atoms with Crippen LogP contribution in [0.2, 0.25) is 10.0 Å². The fourth-order valence-electron chi connectivity index (χ4n) is 4.75. The molecule has 1 saturated heterocycles. The number of amides is 2. The minimum Gasteiger partial charge on any atom is -0.376 e. The Morgan fingerprint density at radius 1 is 1.21 bits per heavy atom. The number of halogens is 2. The van der Waals surface area contributed by atoms with Gasteiger partial charge in [0, 0.05) is 41.0 Å². The number of ether oxygens (including phenoxy) is 1. The zero-order chi connectivity index (χ0) is 24.5. The Balaban J connectivity index is 1.60. The lowest BCUT2D eigenvalue weighted by Crippen LogP contribution is -2.48. The average Bonchev–Trinajstić information content (AvgIpc) is 3.43. The normalized spacial score (nSPS) is 20.3. The van der Waals surface area contributed by atoms with Gasteiger partial charge in [-0.2, -0.15) is 0 Å². The van der Waals surface area contributed by atoms with E-state index >= 15 is 0 Å². The number of nitrogens with zero attached hydrogens (tertiary/aromatic N) is 2. The van der Waals surface area contributed by atoms with Crippen molar-refractivity contribution < 1.29 is 14.3 Å². The molecule has 0 spiro atoms. The number of hydrogen-bond donors (Lipinski definition) is 0. The average molecular weight is 524 g/mol. The minimum atomic E-state index is -0.297. The number of rotatable bonds is 6. The first kappa shape index (κ1) is 25.5. The Morgan fingerprint density at radius 3 is 2.68 bits per heavy atom. The van der Waals surface area contributed by atoms with Crippen molar-refractivity contribution in [1.29, 1.82) is 0 Å². The predicted molar refractivity (Wildman–Crippen MR) is 138 cm³/mol. The zero-order valence-corrected chi connectivity index (χ0v) is 22.3. The van der Waals surface area contributed by atoms with Crippen LogP contribution >= 0.6 is 34.5 Å². The second kappa shape index (κ2) is 10.6. The molecule has 2 aromatic rings. The molecule has 3 heterocycles. The quantitative estimate of drug-likeness (QED) is 0.469. The first-order valence-corrected chi connectivity index (χ1v) is 13.5. The smallest absolute Gasteiger partial charge is 0.242 e. The van der Waals surface area contributed by atoms with Crippen LogP contribution in [0.5, 0.6) is 0 Å². The highest BCUT2D eigenvalue weighted by atomic mass is 35.5. The number of thiophene rings is 1. The Labute approximate surface area is 216 Å². The molecule has 0 N–H and O–H groups in total. The van der Waals surface area contributed by atoms with Gasteiger partial charge in [-0.3, -0.25) is 9.59 Å². The van der Waals surface area contributed by atoms with E-state index < -0.39 is 0 Å². The maximum Gasteiger partial charge on any atom is 0.242 e. The summed E-state index contributed by atoms with van der Waals surface area (Å²) in [6.07, 6.45) is 3.07. The van der Waals surface area contributed by atoms with Crippen LogP contribution in [0.15, 0.2) is 29.6 Å². The first-order chi connectivity index (χ1) is 16.1. The van der Waals surface area contributed by atoms with E-state index in [0.29, 0.717) is 36.2 Å². The molecular formula is C26H32Cl2N2O3S. The summed E-state index contributed by atoms with van der Waals surface area (Å²) in [6.45, 7) is 7.90. The van der Waals surface area contributed by atoms with Gasteiger partial charge in [0.15, 0.2) is 0 Å². The molecule has 184 valence electrons. The van der Waals surface area contributed by atoms with E-state index in [1.165, 1.54) is 4.88 Å². The molecule has 2 atom stereocenters. The van der Waals surface area contributed by atoms with Crippen molar-refractivity contribution in [2.24, 2.45) is 5.41 Å². The Bertz CT molecular complexity index is 1040. The highest BCUT2D eigenvalue weighted by Gasteiger charge is 2.36. The third-order valence-corrected chi connectivity index (χ3v) is 7.91. The molecule has 2 amide bonds. The summed E-state index contributed by atoms with van der Waals surface area (Å²) in [7, 11) is 0. The van der Waals surface area contributed by atoms with Gasteiger partial charge >= 0.3 is 0 Å². The van der Waals surface area contributed by atoms with Gasteiger partial charge in [-0.15, -0.1) is 11.3 Å². The Hall–Kier alpha value is -1.60. The standard InChI is InChI=1S/C26H32Cl2N2O3S/c1-26(2,3)14-23(31)29(15-18-5-4-11-33-18)16-24(32)30-10-8-22-20(9-12-34-22)25(30)19-7-6-17(27)13-21(19)28/h6-7,9,12-13,18,25H,4-5,8,10-11,14-16H2,1-3H3. The monoisotopic (exact) mass is 522 g/mol. The lowest BCUT2D eigenvalue weighted by molar-refractivity contribution is -0.144. The molecule has 2 aliphatic heterocycles. The van der Waals surface area contributed by atoms with Crippen molar-refractivity contribution in [1.82, 2.24) is 9.80 Å². The summed E-state index contributed by atoms with van der Waals surface area (Å²) in [6, 6.07) is 7.21. The molecule has 2 unspecified atom stereocenters. The van der Waals surface area contributed by atoms with Crippen molar-refractivity contribution in [3.8, 4) is 0 Å². The van der Waals surface area contributed by atoms with E-state index in [9.17, 15) is 9.59 Å². The number of carbonyl (C=O) groups excluding carboxylic acids is 2. The lowest BCUT2D eigenvalue weighted by Gasteiger charge is -2.38. The van der Waals surface area contributed by atoms with E-state index in [1.54, 1.807) is 22.3 Å². The number of benzene rings is 1. The maximum absolute atomic E-state index is 13.8. The van der Waals surface area contributed by atoms with Gasteiger partial charge in [-0.1, -0.05) is 50.0 Å². The molecule has 1 aromatic carbocycles. The summed E-state index contributed by atoms with van der Waals surface area (Å²) in [5.74, 6) is -0.0845. The lowest BCUT2D eigenvalue weighted by atomic mass is 9.91. The molecule has 0 bridgehead atoms. The SMILES string of the molecule is CC(C)(C)CC(=O)N(CC(=O)N1CCc2sccc2C1c1ccc(Cl)cc1Cl)CC1CCCO1. The van der Waals surface area contributed by atoms with Crippen molar-refractivity contribution in [2.75, 3.05) is 26.2 Å². The highest BCUT2D eigenvalue weighted by Crippen LogP contribution is 2.41. The molecule has 1 aromatic heterocycles. The summed E-state index contributed by atoms with van der Waals surface area (Å²) in [5, 5.41) is 3.16. The van der Waals surface area contributed by atoms with Gasteiger partial charge in [0.05, 0.1) is 18.7 Å². The molecule has 1 fully saturated rings. The third kappa shape index (κ3) is 5.96. The van der Waals surface area contributed by atoms with Crippen LogP contribution in [0.25, 0.3) is 0 Å². The Kier molecular flexibility index (Phi) is 7.92. The zero-order valence-electron chi connectivity index (χ0n) is 20.0. The molecule has 0 aliphatic carbocycles. The summed E-state index contributed by atoms with van der Waals surface area (Å²) < 4.78 is 5.80. The molecule has 8 heteroatoms. The van der Waals surface area contributed by atoms with E-state index in [1.807, 2.05) is 37.8 Å². The largest absolute Gasteiger partial charge is 0.376 e. The van der Waals surface area contributed by atoms with Gasteiger partial charge in [0.25, 0.3) is 0 Å². The number of fused-ring (bicyclic) bond motifs is 1. The van der Waals surface area contributed by atoms with Crippen LogP contribution in [-0.4, -0.2) is 54.0 Å². The van der Waals surface area contributed by atoms with Gasteiger partial charge in [0.1, 0.15) is 0 Å². The van der Waals surface area contributed by atoms with Crippen LogP contribution in [-0.2, 0) is 20.7 Å². The van der Waals surface area contributed by atoms with Gasteiger partial charge in [-0.25, -0.2) is 0 Å². The van der Waals surface area contributed by atoms with Crippen molar-refractivity contribution in [3.05, 3.63) is 55.7 Å². The summed E-state index contributed by atoms with van der Waals surface area (Å²) >= 11 is 14.5. The van der Waals surface area contributed by atoms with Gasteiger partial charge < -0.3 is 14.5 Å². The Morgan fingerprint density at radius 2 is 2.00 bits per heavy atom.